The van der Waals surface area contributed by atoms with Crippen molar-refractivity contribution in [3.63, 3.8) is 0 Å². The highest BCUT2D eigenvalue weighted by Gasteiger charge is 2.15. The Balaban J connectivity index is 1.70. The first-order valence-corrected chi connectivity index (χ1v) is 9.88. The molecule has 0 radical (unpaired) electrons. The van der Waals surface area contributed by atoms with Gasteiger partial charge in [0.2, 0.25) is 0 Å². The fourth-order valence-electron chi connectivity index (χ4n) is 3.98. The van der Waals surface area contributed by atoms with E-state index in [4.69, 9.17) is 11.6 Å². The molecule has 30 heavy (non-hydrogen) atoms. The molecule has 0 aliphatic rings. The van der Waals surface area contributed by atoms with Crippen LogP contribution in [0, 0.1) is 0 Å². The lowest BCUT2D eigenvalue weighted by atomic mass is 10.2. The van der Waals surface area contributed by atoms with Crippen LogP contribution in [0.25, 0.3) is 33.2 Å². The number of benzene rings is 4. The maximum atomic E-state index is 6.49. The summed E-state index contributed by atoms with van der Waals surface area (Å²) in [6.45, 7) is 0. The topological polar surface area (TPSA) is 60.2 Å². The molecule has 0 aliphatic heterocycles. The second-order valence-electron chi connectivity index (χ2n) is 7.22. The average Bonchev–Trinajstić information content (AvgIpc) is 3.14. The average molecular weight is 390 g/mol. The number of nitrogens with zero attached hydrogens (tertiary/aromatic N) is 2. The maximum absolute atomic E-state index is 6.49. The predicted molar refractivity (Wildman–Crippen MR) is 126 cm³/mol. The minimum Gasteiger partial charge on any atom is -0.397 e. The van der Waals surface area contributed by atoms with E-state index < -0.39 is 0 Å². The quantitative estimate of drug-likeness (QED) is 0.318. The van der Waals surface area contributed by atoms with Crippen molar-refractivity contribution in [2.24, 2.45) is 11.6 Å². The second-order valence-corrected chi connectivity index (χ2v) is 7.22. The predicted octanol–water partition coefficient (Wildman–Crippen LogP) is 5.42. The van der Waals surface area contributed by atoms with Gasteiger partial charge in [-0.3, -0.25) is 5.01 Å². The van der Waals surface area contributed by atoms with E-state index in [9.17, 15) is 0 Å². The van der Waals surface area contributed by atoms with Gasteiger partial charge in [-0.25, -0.2) is 5.84 Å². The Morgan fingerprint density at radius 3 is 1.87 bits per heavy atom. The molecular weight excluding hydrogens is 368 g/mol. The number of rotatable bonds is 4. The van der Waals surface area contributed by atoms with Crippen LogP contribution in [-0.2, 0) is 0 Å². The Labute approximate surface area is 175 Å². The highest BCUT2D eigenvalue weighted by molar-refractivity contribution is 6.09. The van der Waals surface area contributed by atoms with E-state index in [1.165, 1.54) is 10.8 Å². The number of hydrazine groups is 1. The molecule has 0 aliphatic carbocycles. The van der Waals surface area contributed by atoms with Gasteiger partial charge in [0, 0.05) is 17.0 Å². The van der Waals surface area contributed by atoms with Gasteiger partial charge >= 0.3 is 0 Å². The molecule has 5 aromatic rings. The molecule has 0 bridgehead atoms. The summed E-state index contributed by atoms with van der Waals surface area (Å²) >= 11 is 0. The van der Waals surface area contributed by atoms with E-state index in [1.54, 1.807) is 11.2 Å². The molecule has 4 N–H and O–H groups in total. The van der Waals surface area contributed by atoms with Crippen molar-refractivity contribution >= 4 is 33.2 Å². The largest absolute Gasteiger partial charge is 0.397 e. The SMILES string of the molecule is N/C(=C\N(N)c1ccccc1-n1c2ccccc2c2ccccc21)c1ccccc1. The zero-order chi connectivity index (χ0) is 20.5. The number of anilines is 1. The Kier molecular flexibility index (Phi) is 4.46. The summed E-state index contributed by atoms with van der Waals surface area (Å²) in [7, 11) is 0. The summed E-state index contributed by atoms with van der Waals surface area (Å²) < 4.78 is 2.26. The van der Waals surface area contributed by atoms with Crippen molar-refractivity contribution < 1.29 is 0 Å². The third-order valence-electron chi connectivity index (χ3n) is 5.37. The van der Waals surface area contributed by atoms with Crippen LogP contribution in [0.4, 0.5) is 5.69 Å². The van der Waals surface area contributed by atoms with Crippen molar-refractivity contribution in [1.29, 1.82) is 0 Å². The van der Waals surface area contributed by atoms with Gasteiger partial charge < -0.3 is 10.3 Å². The Bertz CT molecular complexity index is 1310. The normalized spacial score (nSPS) is 11.8. The number of para-hydroxylation sites is 4. The van der Waals surface area contributed by atoms with Crippen molar-refractivity contribution in [3.8, 4) is 5.69 Å². The van der Waals surface area contributed by atoms with Crippen LogP contribution >= 0.6 is 0 Å². The molecule has 146 valence electrons. The molecule has 4 nitrogen and oxygen atoms in total. The molecule has 4 aromatic carbocycles. The van der Waals surface area contributed by atoms with Crippen molar-refractivity contribution in [2.75, 3.05) is 5.01 Å². The van der Waals surface area contributed by atoms with E-state index in [1.807, 2.05) is 48.5 Å². The highest BCUT2D eigenvalue weighted by Crippen LogP contribution is 2.35. The fraction of sp³-hybridized carbons (Fsp3) is 0. The van der Waals surface area contributed by atoms with E-state index in [0.29, 0.717) is 5.70 Å². The second kappa shape index (κ2) is 7.43. The van der Waals surface area contributed by atoms with Crippen LogP contribution in [0.1, 0.15) is 5.56 Å². The van der Waals surface area contributed by atoms with Crippen LogP contribution < -0.4 is 16.6 Å². The summed E-state index contributed by atoms with van der Waals surface area (Å²) in [5, 5.41) is 4.03. The van der Waals surface area contributed by atoms with Gasteiger partial charge in [-0.2, -0.15) is 0 Å². The van der Waals surface area contributed by atoms with E-state index >= 15 is 0 Å². The summed E-state index contributed by atoms with van der Waals surface area (Å²) in [6, 6.07) is 34.8. The van der Waals surface area contributed by atoms with Gasteiger partial charge in [-0.1, -0.05) is 78.9 Å². The summed E-state index contributed by atoms with van der Waals surface area (Å²) in [6.07, 6.45) is 1.77. The first-order valence-electron chi connectivity index (χ1n) is 9.88. The number of nitrogens with two attached hydrogens (primary N) is 2. The molecule has 1 heterocycles. The minimum atomic E-state index is 0.607. The number of fused-ring (bicyclic) bond motifs is 3. The molecule has 5 rings (SSSR count). The summed E-state index contributed by atoms with van der Waals surface area (Å²) in [5.74, 6) is 6.49. The minimum absolute atomic E-state index is 0.607. The van der Waals surface area contributed by atoms with E-state index in [0.717, 1.165) is 28.0 Å². The Morgan fingerprint density at radius 2 is 1.20 bits per heavy atom. The third-order valence-corrected chi connectivity index (χ3v) is 5.37. The molecule has 0 amide bonds. The van der Waals surface area contributed by atoms with Crippen LogP contribution in [-0.4, -0.2) is 4.57 Å². The van der Waals surface area contributed by atoms with Crippen LogP contribution in [0.2, 0.25) is 0 Å². The number of aromatic nitrogens is 1. The van der Waals surface area contributed by atoms with E-state index in [2.05, 4.69) is 59.2 Å². The van der Waals surface area contributed by atoms with Crippen LogP contribution in [0.15, 0.2) is 109 Å². The molecule has 0 atom stereocenters. The third kappa shape index (κ3) is 3.00. The summed E-state index contributed by atoms with van der Waals surface area (Å²) in [4.78, 5) is 0. The molecule has 4 heteroatoms. The van der Waals surface area contributed by atoms with Gasteiger partial charge in [0.15, 0.2) is 0 Å². The monoisotopic (exact) mass is 390 g/mol. The smallest absolute Gasteiger partial charge is 0.0809 e. The molecule has 1 aromatic heterocycles. The number of hydrogen-bond donors (Lipinski definition) is 2. The Morgan fingerprint density at radius 1 is 0.667 bits per heavy atom. The van der Waals surface area contributed by atoms with Gasteiger partial charge in [0.25, 0.3) is 0 Å². The van der Waals surface area contributed by atoms with Crippen molar-refractivity contribution in [1.82, 2.24) is 4.57 Å². The van der Waals surface area contributed by atoms with Crippen LogP contribution in [0.5, 0.6) is 0 Å². The zero-order valence-corrected chi connectivity index (χ0v) is 16.4. The molecule has 0 saturated carbocycles. The molecule has 0 saturated heterocycles. The van der Waals surface area contributed by atoms with Crippen LogP contribution in [0.3, 0.4) is 0 Å². The lowest BCUT2D eigenvalue weighted by Gasteiger charge is -2.20. The molecule has 0 fully saturated rings. The molecule has 0 unspecified atom stereocenters. The van der Waals surface area contributed by atoms with Gasteiger partial charge in [0.1, 0.15) is 0 Å². The lowest BCUT2D eigenvalue weighted by Crippen LogP contribution is -2.27. The fourth-order valence-corrected chi connectivity index (χ4v) is 3.98. The summed E-state index contributed by atoms with van der Waals surface area (Å²) in [5.41, 5.74) is 12.0. The van der Waals surface area contributed by atoms with E-state index in [-0.39, 0.29) is 0 Å². The van der Waals surface area contributed by atoms with Gasteiger partial charge in [-0.05, 0) is 29.8 Å². The zero-order valence-electron chi connectivity index (χ0n) is 16.4. The standard InChI is InChI=1S/C26H22N4/c27-22(19-10-2-1-3-11-19)18-29(28)25-16-8-9-17-26(25)30-23-14-6-4-12-20(23)21-13-5-7-15-24(21)30/h1-18H,27-28H2/b22-18-. The lowest BCUT2D eigenvalue weighted by molar-refractivity contribution is 1.05. The van der Waals surface area contributed by atoms with Gasteiger partial charge in [0.05, 0.1) is 28.1 Å². The molecule has 0 spiro atoms. The maximum Gasteiger partial charge on any atom is 0.0809 e. The van der Waals surface area contributed by atoms with Gasteiger partial charge in [-0.15, -0.1) is 0 Å². The highest BCUT2D eigenvalue weighted by atomic mass is 15.4. The van der Waals surface area contributed by atoms with Crippen molar-refractivity contribution in [2.45, 2.75) is 0 Å². The first-order chi connectivity index (χ1) is 14.7. The Hall–Kier alpha value is -4.02. The van der Waals surface area contributed by atoms with Crippen molar-refractivity contribution in [3.05, 3.63) is 115 Å². The molecular formula is C26H22N4. The first kappa shape index (κ1) is 18.0. The number of hydrogen-bond acceptors (Lipinski definition) is 3.